The van der Waals surface area contributed by atoms with Gasteiger partial charge in [-0.25, -0.2) is 4.79 Å². The van der Waals surface area contributed by atoms with Gasteiger partial charge in [-0.05, 0) is 6.42 Å². The number of aromatic amines is 1. The van der Waals surface area contributed by atoms with Gasteiger partial charge in [-0.2, -0.15) is 0 Å². The van der Waals surface area contributed by atoms with Crippen molar-refractivity contribution >= 4 is 5.91 Å². The molecule has 1 aromatic heterocycles. The highest BCUT2D eigenvalue weighted by Gasteiger charge is 2.48. The van der Waals surface area contributed by atoms with Gasteiger partial charge in [0.15, 0.2) is 12.3 Å². The van der Waals surface area contributed by atoms with E-state index < -0.39 is 47.8 Å². The summed E-state index contributed by atoms with van der Waals surface area (Å²) in [4.78, 5) is 37.5. The third kappa shape index (κ3) is 8.65. The third-order valence-corrected chi connectivity index (χ3v) is 6.31. The summed E-state index contributed by atoms with van der Waals surface area (Å²) in [5, 5.41) is 33.4. The average molecular weight is 484 g/mol. The highest BCUT2D eigenvalue weighted by atomic mass is 16.6. The molecule has 1 aliphatic rings. The van der Waals surface area contributed by atoms with Gasteiger partial charge in [0.05, 0.1) is 0 Å². The van der Waals surface area contributed by atoms with Crippen LogP contribution in [0.5, 0.6) is 0 Å². The number of carbonyl (C=O) groups excluding carboxylic acids is 1. The molecule has 34 heavy (non-hydrogen) atoms. The molecule has 1 saturated heterocycles. The van der Waals surface area contributed by atoms with Gasteiger partial charge in [-0.1, -0.05) is 77.6 Å². The van der Waals surface area contributed by atoms with Gasteiger partial charge in [0.25, 0.3) is 11.5 Å². The van der Waals surface area contributed by atoms with Crippen molar-refractivity contribution in [3.05, 3.63) is 33.1 Å². The number of nitrogens with one attached hydrogen (secondary N) is 2. The molecule has 194 valence electrons. The van der Waals surface area contributed by atoms with Crippen LogP contribution in [0.4, 0.5) is 0 Å². The lowest BCUT2D eigenvalue weighted by molar-refractivity contribution is -0.143. The topological polar surface area (TPSA) is 154 Å². The van der Waals surface area contributed by atoms with Gasteiger partial charge in [-0.3, -0.25) is 19.1 Å². The molecule has 0 unspecified atom stereocenters. The summed E-state index contributed by atoms with van der Waals surface area (Å²) in [6, 6.07) is 1.06. The molecule has 1 aliphatic heterocycles. The van der Waals surface area contributed by atoms with Gasteiger partial charge in [-0.15, -0.1) is 0 Å². The maximum absolute atomic E-state index is 12.3. The second-order valence-corrected chi connectivity index (χ2v) is 9.11. The van der Waals surface area contributed by atoms with Crippen LogP contribution in [0.2, 0.25) is 0 Å². The number of hydrogen-bond acceptors (Lipinski definition) is 7. The largest absolute Gasteiger partial charge is 0.387 e. The van der Waals surface area contributed by atoms with Gasteiger partial charge in [0.2, 0.25) is 0 Å². The number of unbranched alkanes of at least 4 members (excludes halogenated alkanes) is 11. The maximum atomic E-state index is 12.3. The van der Waals surface area contributed by atoms with Crippen molar-refractivity contribution in [1.82, 2.24) is 14.9 Å². The zero-order valence-corrected chi connectivity index (χ0v) is 20.2. The average Bonchev–Trinajstić information content (AvgIpc) is 3.10. The van der Waals surface area contributed by atoms with Crippen LogP contribution >= 0.6 is 0 Å². The van der Waals surface area contributed by atoms with Gasteiger partial charge >= 0.3 is 5.69 Å². The molecule has 0 bridgehead atoms. The van der Waals surface area contributed by atoms with Crippen LogP contribution in [0.25, 0.3) is 0 Å². The predicted octanol–water partition coefficient (Wildman–Crippen LogP) is 1.33. The summed E-state index contributed by atoms with van der Waals surface area (Å²) in [6.07, 6.45) is 7.96. The van der Waals surface area contributed by atoms with Crippen molar-refractivity contribution in [3.8, 4) is 0 Å². The van der Waals surface area contributed by atoms with E-state index in [0.29, 0.717) is 6.54 Å². The summed E-state index contributed by atoms with van der Waals surface area (Å²) >= 11 is 0. The summed E-state index contributed by atoms with van der Waals surface area (Å²) in [5.74, 6) is -0.714. The Morgan fingerprint density at radius 3 is 2.12 bits per heavy atom. The normalized spacial score (nSPS) is 23.2. The van der Waals surface area contributed by atoms with E-state index in [1.165, 1.54) is 57.8 Å². The molecule has 1 amide bonds. The molecule has 5 atom stereocenters. The van der Waals surface area contributed by atoms with E-state index in [2.05, 4.69) is 12.2 Å². The summed E-state index contributed by atoms with van der Waals surface area (Å²) < 4.78 is 6.32. The Labute approximate surface area is 200 Å². The number of aromatic nitrogens is 2. The lowest BCUT2D eigenvalue weighted by Gasteiger charge is -2.20. The van der Waals surface area contributed by atoms with Crippen molar-refractivity contribution in [1.29, 1.82) is 0 Å². The molecule has 1 fully saturated rings. The molecular formula is C24H41N3O7. The fraction of sp³-hybridized carbons (Fsp3) is 0.792. The fourth-order valence-electron chi connectivity index (χ4n) is 4.24. The van der Waals surface area contributed by atoms with Gasteiger partial charge < -0.3 is 25.4 Å². The first-order chi connectivity index (χ1) is 16.4. The van der Waals surface area contributed by atoms with E-state index in [4.69, 9.17) is 4.74 Å². The van der Waals surface area contributed by atoms with Crippen LogP contribution < -0.4 is 16.6 Å². The second kappa shape index (κ2) is 15.1. The van der Waals surface area contributed by atoms with Crippen LogP contribution in [-0.2, 0) is 9.53 Å². The number of H-pyrrole nitrogens is 1. The lowest BCUT2D eigenvalue weighted by atomic mass is 10.0. The SMILES string of the molecule is CCCCCCCCCCCCCCNC(=O)[C@H](O)[C@@H]1O[C@H](n2ccc(=O)[nH]c2=O)[C@H](O)[C@H]1O. The first kappa shape index (κ1) is 28.2. The Morgan fingerprint density at radius 1 is 1.00 bits per heavy atom. The summed E-state index contributed by atoms with van der Waals surface area (Å²) in [6.45, 7) is 2.62. The van der Waals surface area contributed by atoms with Crippen LogP contribution in [0.15, 0.2) is 21.9 Å². The van der Waals surface area contributed by atoms with Crippen LogP contribution in [0, 0.1) is 0 Å². The Hall–Kier alpha value is -2.01. The molecule has 0 aromatic carbocycles. The first-order valence-electron chi connectivity index (χ1n) is 12.7. The smallest absolute Gasteiger partial charge is 0.330 e. The van der Waals surface area contributed by atoms with E-state index in [9.17, 15) is 29.7 Å². The number of carbonyl (C=O) groups is 1. The van der Waals surface area contributed by atoms with Crippen LogP contribution in [0.3, 0.4) is 0 Å². The predicted molar refractivity (Wildman–Crippen MR) is 127 cm³/mol. The molecule has 2 heterocycles. The Kier molecular flexibility index (Phi) is 12.5. The van der Waals surface area contributed by atoms with E-state index in [-0.39, 0.29) is 0 Å². The number of ether oxygens (including phenoxy) is 1. The van der Waals surface area contributed by atoms with E-state index in [0.717, 1.165) is 36.1 Å². The molecule has 0 aliphatic carbocycles. The summed E-state index contributed by atoms with van der Waals surface area (Å²) in [5.41, 5.74) is -1.46. The zero-order valence-electron chi connectivity index (χ0n) is 20.2. The highest BCUT2D eigenvalue weighted by molar-refractivity contribution is 5.81. The monoisotopic (exact) mass is 483 g/mol. The Morgan fingerprint density at radius 2 is 1.56 bits per heavy atom. The number of amides is 1. The fourth-order valence-corrected chi connectivity index (χ4v) is 4.24. The standard InChI is InChI=1S/C24H41N3O7/c1-2-3-4-5-6-7-8-9-10-11-12-13-15-25-22(32)20(31)21-18(29)19(30)23(34-21)27-16-14-17(28)26-24(27)33/h14,16,18-21,23,29-31H,2-13,15H2,1H3,(H,25,32)(H,26,28,33)/t18-,19-,20-,21-,23+/m1/s1. The van der Waals surface area contributed by atoms with Crippen molar-refractivity contribution < 1.29 is 24.9 Å². The molecule has 0 saturated carbocycles. The molecule has 2 rings (SSSR count). The van der Waals surface area contributed by atoms with Crippen molar-refractivity contribution in [2.45, 2.75) is 115 Å². The van der Waals surface area contributed by atoms with Gasteiger partial charge in [0, 0.05) is 18.8 Å². The summed E-state index contributed by atoms with van der Waals surface area (Å²) in [7, 11) is 0. The molecule has 1 aromatic rings. The molecule has 10 nitrogen and oxygen atoms in total. The minimum atomic E-state index is -1.72. The van der Waals surface area contributed by atoms with Crippen molar-refractivity contribution in [2.75, 3.05) is 6.54 Å². The van der Waals surface area contributed by atoms with Crippen LogP contribution in [0.1, 0.15) is 90.2 Å². The Bertz CT molecular complexity index is 840. The number of aliphatic hydroxyl groups excluding tert-OH is 3. The number of hydrogen-bond donors (Lipinski definition) is 5. The number of rotatable bonds is 16. The minimum Gasteiger partial charge on any atom is -0.387 e. The molecular weight excluding hydrogens is 442 g/mol. The molecule has 0 radical (unpaired) electrons. The first-order valence-corrected chi connectivity index (χ1v) is 12.7. The van der Waals surface area contributed by atoms with Crippen molar-refractivity contribution in [2.24, 2.45) is 0 Å². The van der Waals surface area contributed by atoms with E-state index >= 15 is 0 Å². The van der Waals surface area contributed by atoms with Crippen LogP contribution in [-0.4, -0.2) is 61.7 Å². The quantitative estimate of drug-likeness (QED) is 0.222. The second-order valence-electron chi connectivity index (χ2n) is 9.11. The van der Waals surface area contributed by atoms with E-state index in [1.807, 2.05) is 4.98 Å². The lowest BCUT2D eigenvalue weighted by Crippen LogP contribution is -2.47. The van der Waals surface area contributed by atoms with Gasteiger partial charge in [0.1, 0.15) is 18.3 Å². The molecule has 10 heteroatoms. The molecule has 5 N–H and O–H groups in total. The maximum Gasteiger partial charge on any atom is 0.330 e. The van der Waals surface area contributed by atoms with E-state index in [1.54, 1.807) is 0 Å². The number of nitrogens with zero attached hydrogens (tertiary/aromatic N) is 1. The number of aliphatic hydroxyl groups is 3. The highest BCUT2D eigenvalue weighted by Crippen LogP contribution is 2.30. The zero-order chi connectivity index (χ0) is 24.9. The van der Waals surface area contributed by atoms with Crippen molar-refractivity contribution in [3.63, 3.8) is 0 Å². The molecule has 0 spiro atoms. The minimum absolute atomic E-state index is 0.390. The Balaban J connectivity index is 1.62. The third-order valence-electron chi connectivity index (χ3n) is 6.31.